The number of likely N-dealkylation sites (tertiary alicyclic amines) is 1. The molecule has 28 heavy (non-hydrogen) atoms. The number of benzene rings is 2. The van der Waals surface area contributed by atoms with E-state index < -0.39 is 0 Å². The number of hydrogen-bond donors (Lipinski definition) is 2. The Hall–Kier alpha value is -2.86. The first-order valence-corrected chi connectivity index (χ1v) is 9.83. The van der Waals surface area contributed by atoms with Crippen LogP contribution in [0.5, 0.6) is 0 Å². The molecule has 0 bridgehead atoms. The number of rotatable bonds is 5. The summed E-state index contributed by atoms with van der Waals surface area (Å²) in [6.07, 6.45) is 3.06. The lowest BCUT2D eigenvalue weighted by Gasteiger charge is -2.31. The van der Waals surface area contributed by atoms with Crippen LogP contribution in [0.1, 0.15) is 28.9 Å². The summed E-state index contributed by atoms with van der Waals surface area (Å²) in [7, 11) is 0. The number of halogens is 1. The third kappa shape index (κ3) is 4.34. The van der Waals surface area contributed by atoms with E-state index in [0.717, 1.165) is 38.0 Å². The Bertz CT molecular complexity index is 917. The van der Waals surface area contributed by atoms with Crippen LogP contribution in [0.2, 0.25) is 5.02 Å². The van der Waals surface area contributed by atoms with Gasteiger partial charge in [-0.25, -0.2) is 0 Å². The van der Waals surface area contributed by atoms with Crippen molar-refractivity contribution in [3.63, 3.8) is 0 Å². The molecule has 2 aromatic carbocycles. The van der Waals surface area contributed by atoms with Gasteiger partial charge in [-0.15, -0.1) is 10.2 Å². The summed E-state index contributed by atoms with van der Waals surface area (Å²) in [5.41, 5.74) is 2.48. The van der Waals surface area contributed by atoms with Gasteiger partial charge in [-0.1, -0.05) is 41.9 Å². The summed E-state index contributed by atoms with van der Waals surface area (Å²) in [6.45, 7) is 1.48. The monoisotopic (exact) mass is 395 g/mol. The highest BCUT2D eigenvalue weighted by atomic mass is 35.5. The van der Waals surface area contributed by atoms with Crippen molar-refractivity contribution in [3.05, 3.63) is 70.9 Å². The third-order valence-electron chi connectivity index (χ3n) is 5.13. The molecule has 1 amide bonds. The van der Waals surface area contributed by atoms with Crippen LogP contribution in [0, 0.1) is 5.92 Å². The molecule has 0 spiro atoms. The average molecular weight is 396 g/mol. The van der Waals surface area contributed by atoms with Crippen molar-refractivity contribution in [2.45, 2.75) is 19.3 Å². The molecular weight excluding hydrogens is 374 g/mol. The van der Waals surface area contributed by atoms with Gasteiger partial charge in [0.05, 0.1) is 0 Å². The first-order valence-electron chi connectivity index (χ1n) is 9.45. The number of carbonyl (C=O) groups excluding carboxylic acids is 1. The van der Waals surface area contributed by atoms with E-state index in [9.17, 15) is 4.79 Å². The van der Waals surface area contributed by atoms with E-state index in [1.165, 1.54) is 5.56 Å². The van der Waals surface area contributed by atoms with Crippen molar-refractivity contribution in [2.24, 2.45) is 5.92 Å². The molecule has 1 aliphatic heterocycles. The van der Waals surface area contributed by atoms with Crippen LogP contribution in [0.4, 0.5) is 11.5 Å². The highest BCUT2D eigenvalue weighted by Crippen LogP contribution is 2.25. The Kier molecular flexibility index (Phi) is 5.58. The third-order valence-corrected chi connectivity index (χ3v) is 5.38. The van der Waals surface area contributed by atoms with Crippen LogP contribution in [-0.4, -0.2) is 39.3 Å². The van der Waals surface area contributed by atoms with E-state index in [1.807, 2.05) is 23.1 Å². The summed E-state index contributed by atoms with van der Waals surface area (Å²) in [6, 6.07) is 17.8. The normalized spacial score (nSPS) is 14.8. The summed E-state index contributed by atoms with van der Waals surface area (Å²) >= 11 is 5.92. The number of aromatic amines is 1. The minimum atomic E-state index is -0.0941. The van der Waals surface area contributed by atoms with Crippen molar-refractivity contribution in [2.75, 3.05) is 18.4 Å². The highest BCUT2D eigenvalue weighted by Gasteiger charge is 2.27. The number of carbonyl (C=O) groups is 1. The molecule has 2 heterocycles. The Morgan fingerprint density at radius 3 is 2.50 bits per heavy atom. The second-order valence-corrected chi connectivity index (χ2v) is 7.51. The molecule has 0 unspecified atom stereocenters. The molecule has 4 rings (SSSR count). The van der Waals surface area contributed by atoms with E-state index in [0.29, 0.717) is 22.5 Å². The lowest BCUT2D eigenvalue weighted by atomic mass is 9.90. The van der Waals surface area contributed by atoms with E-state index >= 15 is 0 Å². The second-order valence-electron chi connectivity index (χ2n) is 7.08. The van der Waals surface area contributed by atoms with Gasteiger partial charge in [0.1, 0.15) is 0 Å². The van der Waals surface area contributed by atoms with Gasteiger partial charge in [0, 0.05) is 23.8 Å². The van der Waals surface area contributed by atoms with Crippen LogP contribution in [0.3, 0.4) is 0 Å². The molecular formula is C21H22ClN5O. The van der Waals surface area contributed by atoms with E-state index in [4.69, 9.17) is 11.6 Å². The number of amides is 1. The van der Waals surface area contributed by atoms with Gasteiger partial charge < -0.3 is 10.2 Å². The molecule has 6 nitrogen and oxygen atoms in total. The molecule has 144 valence electrons. The smallest absolute Gasteiger partial charge is 0.278 e. The molecule has 0 saturated carbocycles. The molecule has 1 aromatic heterocycles. The Balaban J connectivity index is 1.37. The lowest BCUT2D eigenvalue weighted by molar-refractivity contribution is 0.0685. The quantitative estimate of drug-likeness (QED) is 0.675. The topological polar surface area (TPSA) is 73.9 Å². The van der Waals surface area contributed by atoms with Gasteiger partial charge in [-0.05, 0) is 55.0 Å². The number of aromatic nitrogens is 3. The Morgan fingerprint density at radius 2 is 1.79 bits per heavy atom. The van der Waals surface area contributed by atoms with E-state index in [-0.39, 0.29) is 5.91 Å². The largest absolute Gasteiger partial charge is 0.337 e. The minimum Gasteiger partial charge on any atom is -0.337 e. The van der Waals surface area contributed by atoms with Gasteiger partial charge >= 0.3 is 0 Å². The Morgan fingerprint density at radius 1 is 1.07 bits per heavy atom. The number of hydrogen-bond acceptors (Lipinski definition) is 4. The molecule has 0 radical (unpaired) electrons. The maximum atomic E-state index is 12.9. The van der Waals surface area contributed by atoms with Crippen molar-refractivity contribution in [1.29, 1.82) is 0 Å². The first-order chi connectivity index (χ1) is 13.7. The van der Waals surface area contributed by atoms with Gasteiger partial charge in [0.15, 0.2) is 11.5 Å². The van der Waals surface area contributed by atoms with E-state index in [1.54, 1.807) is 12.1 Å². The van der Waals surface area contributed by atoms with Gasteiger partial charge in [-0.3, -0.25) is 4.79 Å². The molecule has 2 N–H and O–H groups in total. The first kappa shape index (κ1) is 18.5. The average Bonchev–Trinajstić information content (AvgIpc) is 3.19. The van der Waals surface area contributed by atoms with Crippen LogP contribution < -0.4 is 5.32 Å². The van der Waals surface area contributed by atoms with Crippen LogP contribution >= 0.6 is 11.6 Å². The molecule has 7 heteroatoms. The fourth-order valence-corrected chi connectivity index (χ4v) is 3.70. The second kappa shape index (κ2) is 8.44. The van der Waals surface area contributed by atoms with Crippen LogP contribution in [-0.2, 0) is 6.42 Å². The molecule has 1 saturated heterocycles. The van der Waals surface area contributed by atoms with Gasteiger partial charge in [0.2, 0.25) is 0 Å². The fraction of sp³-hybridized carbons (Fsp3) is 0.286. The van der Waals surface area contributed by atoms with Crippen molar-refractivity contribution in [3.8, 4) is 0 Å². The summed E-state index contributed by atoms with van der Waals surface area (Å²) in [5, 5.41) is 14.5. The van der Waals surface area contributed by atoms with Crippen LogP contribution in [0.15, 0.2) is 54.6 Å². The maximum Gasteiger partial charge on any atom is 0.278 e. The number of anilines is 2. The number of H-pyrrole nitrogens is 1. The van der Waals surface area contributed by atoms with Crippen molar-refractivity contribution < 1.29 is 4.79 Å². The Labute approximate surface area is 168 Å². The summed E-state index contributed by atoms with van der Waals surface area (Å²) in [5.74, 6) is 0.942. The predicted octanol–water partition coefficient (Wildman–Crippen LogP) is 4.30. The van der Waals surface area contributed by atoms with Gasteiger partial charge in [0.25, 0.3) is 5.91 Å². The standard InChI is InChI=1S/C21H22ClN5O/c22-17-6-8-18(9-7-17)23-20-19(24-26-25-20)21(28)27-12-10-16(11-13-27)14-15-4-2-1-3-5-15/h1-9,16H,10-14H2,(H2,23,24,25,26). The summed E-state index contributed by atoms with van der Waals surface area (Å²) < 4.78 is 0. The number of piperidine rings is 1. The van der Waals surface area contributed by atoms with Crippen molar-refractivity contribution >= 4 is 29.0 Å². The maximum absolute atomic E-state index is 12.9. The molecule has 1 fully saturated rings. The van der Waals surface area contributed by atoms with Crippen LogP contribution in [0.25, 0.3) is 0 Å². The molecule has 0 aliphatic carbocycles. The SMILES string of the molecule is O=C(c1n[nH]nc1Nc1ccc(Cl)cc1)N1CCC(Cc2ccccc2)CC1. The fourth-order valence-electron chi connectivity index (χ4n) is 3.57. The number of nitrogens with one attached hydrogen (secondary N) is 2. The lowest BCUT2D eigenvalue weighted by Crippen LogP contribution is -2.39. The zero-order valence-electron chi connectivity index (χ0n) is 15.4. The zero-order valence-corrected chi connectivity index (χ0v) is 16.2. The minimum absolute atomic E-state index is 0.0941. The molecule has 1 aliphatic rings. The predicted molar refractivity (Wildman–Crippen MR) is 110 cm³/mol. The van der Waals surface area contributed by atoms with Gasteiger partial charge in [-0.2, -0.15) is 5.21 Å². The highest BCUT2D eigenvalue weighted by molar-refractivity contribution is 6.30. The number of nitrogens with zero attached hydrogens (tertiary/aromatic N) is 3. The van der Waals surface area contributed by atoms with Crippen molar-refractivity contribution in [1.82, 2.24) is 20.3 Å². The van der Waals surface area contributed by atoms with E-state index in [2.05, 4.69) is 45.0 Å². The zero-order chi connectivity index (χ0) is 19.3. The molecule has 3 aromatic rings. The summed E-state index contributed by atoms with van der Waals surface area (Å²) in [4.78, 5) is 14.8. The molecule has 0 atom stereocenters.